The summed E-state index contributed by atoms with van der Waals surface area (Å²) < 4.78 is 10.8. The van der Waals surface area contributed by atoms with Gasteiger partial charge in [-0.2, -0.15) is 0 Å². The summed E-state index contributed by atoms with van der Waals surface area (Å²) in [6, 6.07) is 10.1. The van der Waals surface area contributed by atoms with E-state index in [9.17, 15) is 4.79 Å². The summed E-state index contributed by atoms with van der Waals surface area (Å²) in [5.74, 6) is 1.06. The Kier molecular flexibility index (Phi) is 3.79. The van der Waals surface area contributed by atoms with Gasteiger partial charge < -0.3 is 20.9 Å². The zero-order valence-electron chi connectivity index (χ0n) is 11.3. The molecule has 0 heterocycles. The summed E-state index contributed by atoms with van der Waals surface area (Å²) in [6.07, 6.45) is 0. The first kappa shape index (κ1) is 13.7. The number of methoxy groups -OCH3 is 1. The molecule has 0 radical (unpaired) electrons. The van der Waals surface area contributed by atoms with Gasteiger partial charge in [-0.15, -0.1) is 0 Å². The number of anilines is 1. The van der Waals surface area contributed by atoms with E-state index in [4.69, 9.17) is 20.9 Å². The fourth-order valence-electron chi connectivity index (χ4n) is 1.74. The van der Waals surface area contributed by atoms with E-state index in [2.05, 4.69) is 0 Å². The fourth-order valence-corrected chi connectivity index (χ4v) is 1.74. The van der Waals surface area contributed by atoms with Crippen LogP contribution in [0.2, 0.25) is 0 Å². The van der Waals surface area contributed by atoms with Gasteiger partial charge in [0.25, 0.3) is 0 Å². The van der Waals surface area contributed by atoms with Crippen LogP contribution in [-0.4, -0.2) is 13.0 Å². The van der Waals surface area contributed by atoms with E-state index in [1.807, 2.05) is 13.0 Å². The van der Waals surface area contributed by atoms with Gasteiger partial charge in [0.05, 0.1) is 7.11 Å². The number of amides is 1. The predicted octanol–water partition coefficient (Wildman–Crippen LogP) is 2.48. The van der Waals surface area contributed by atoms with E-state index in [0.717, 1.165) is 5.56 Å². The lowest BCUT2D eigenvalue weighted by molar-refractivity contribution is 0.0999. The molecular weight excluding hydrogens is 256 g/mol. The van der Waals surface area contributed by atoms with Gasteiger partial charge in [0, 0.05) is 17.3 Å². The number of hydrogen-bond donors (Lipinski definition) is 2. The molecule has 0 atom stereocenters. The summed E-state index contributed by atoms with van der Waals surface area (Å²) in [7, 11) is 1.51. The summed E-state index contributed by atoms with van der Waals surface area (Å²) in [6.45, 7) is 1.89. The number of carbonyl (C=O) groups is 1. The fraction of sp³-hybridized carbons (Fsp3) is 0.133. The van der Waals surface area contributed by atoms with Crippen LogP contribution in [0, 0.1) is 6.92 Å². The normalized spacial score (nSPS) is 10.1. The molecule has 2 rings (SSSR count). The van der Waals surface area contributed by atoms with Crippen LogP contribution in [0.5, 0.6) is 17.2 Å². The molecule has 0 aliphatic rings. The van der Waals surface area contributed by atoms with Crippen molar-refractivity contribution in [2.45, 2.75) is 6.92 Å². The Hall–Kier alpha value is -2.69. The molecule has 0 aromatic heterocycles. The SMILES string of the molecule is COc1cc(Oc2ccc(N)c(C)c2)cc(C(N)=O)c1. The molecule has 0 aliphatic carbocycles. The van der Waals surface area contributed by atoms with Gasteiger partial charge in [-0.1, -0.05) is 0 Å². The summed E-state index contributed by atoms with van der Waals surface area (Å²) >= 11 is 0. The monoisotopic (exact) mass is 272 g/mol. The lowest BCUT2D eigenvalue weighted by Gasteiger charge is -2.10. The van der Waals surface area contributed by atoms with Crippen LogP contribution < -0.4 is 20.9 Å². The van der Waals surface area contributed by atoms with E-state index < -0.39 is 5.91 Å². The van der Waals surface area contributed by atoms with Crippen LogP contribution in [0.3, 0.4) is 0 Å². The van der Waals surface area contributed by atoms with E-state index in [1.165, 1.54) is 7.11 Å². The molecule has 5 nitrogen and oxygen atoms in total. The van der Waals surface area contributed by atoms with Crippen molar-refractivity contribution in [3.63, 3.8) is 0 Å². The molecule has 20 heavy (non-hydrogen) atoms. The molecule has 2 aromatic rings. The van der Waals surface area contributed by atoms with Gasteiger partial charge in [0.2, 0.25) is 5.91 Å². The van der Waals surface area contributed by atoms with Gasteiger partial charge >= 0.3 is 0 Å². The molecule has 0 spiro atoms. The van der Waals surface area contributed by atoms with Crippen molar-refractivity contribution in [3.8, 4) is 17.2 Å². The number of benzene rings is 2. The maximum Gasteiger partial charge on any atom is 0.248 e. The number of nitrogen functional groups attached to an aromatic ring is 1. The minimum Gasteiger partial charge on any atom is -0.497 e. The van der Waals surface area contributed by atoms with Crippen molar-refractivity contribution in [2.24, 2.45) is 5.73 Å². The van der Waals surface area contributed by atoms with Crippen LogP contribution in [0.15, 0.2) is 36.4 Å². The van der Waals surface area contributed by atoms with Crippen molar-refractivity contribution in [2.75, 3.05) is 12.8 Å². The molecule has 104 valence electrons. The Bertz CT molecular complexity index is 654. The van der Waals surface area contributed by atoms with Gasteiger partial charge in [-0.05, 0) is 42.8 Å². The standard InChI is InChI=1S/C15H16N2O3/c1-9-5-11(3-4-14(9)16)20-13-7-10(15(17)18)6-12(8-13)19-2/h3-8H,16H2,1-2H3,(H2,17,18). The molecule has 0 fully saturated rings. The number of primary amides is 1. The van der Waals surface area contributed by atoms with E-state index in [-0.39, 0.29) is 0 Å². The van der Waals surface area contributed by atoms with Crippen LogP contribution in [0.4, 0.5) is 5.69 Å². The first-order valence-electron chi connectivity index (χ1n) is 6.02. The highest BCUT2D eigenvalue weighted by atomic mass is 16.5. The van der Waals surface area contributed by atoms with Crippen LogP contribution in [-0.2, 0) is 0 Å². The van der Waals surface area contributed by atoms with Crippen molar-refractivity contribution in [1.29, 1.82) is 0 Å². The topological polar surface area (TPSA) is 87.6 Å². The third kappa shape index (κ3) is 3.00. The average molecular weight is 272 g/mol. The molecule has 2 aromatic carbocycles. The Morgan fingerprint density at radius 2 is 1.75 bits per heavy atom. The van der Waals surface area contributed by atoms with Crippen molar-refractivity contribution >= 4 is 11.6 Å². The first-order chi connectivity index (χ1) is 9.49. The molecule has 0 saturated heterocycles. The van der Waals surface area contributed by atoms with E-state index in [0.29, 0.717) is 28.5 Å². The maximum absolute atomic E-state index is 11.3. The smallest absolute Gasteiger partial charge is 0.248 e. The number of nitrogens with two attached hydrogens (primary N) is 2. The predicted molar refractivity (Wildman–Crippen MR) is 77.2 cm³/mol. The third-order valence-electron chi connectivity index (χ3n) is 2.88. The highest BCUT2D eigenvalue weighted by Gasteiger charge is 2.08. The lowest BCUT2D eigenvalue weighted by atomic mass is 10.2. The Morgan fingerprint density at radius 1 is 1.05 bits per heavy atom. The second kappa shape index (κ2) is 5.52. The van der Waals surface area contributed by atoms with Crippen LogP contribution in [0.25, 0.3) is 0 Å². The number of hydrogen-bond acceptors (Lipinski definition) is 4. The Morgan fingerprint density at radius 3 is 2.35 bits per heavy atom. The van der Waals surface area contributed by atoms with E-state index >= 15 is 0 Å². The van der Waals surface area contributed by atoms with E-state index in [1.54, 1.807) is 30.3 Å². The van der Waals surface area contributed by atoms with Crippen molar-refractivity contribution in [3.05, 3.63) is 47.5 Å². The second-order valence-electron chi connectivity index (χ2n) is 4.38. The summed E-state index contributed by atoms with van der Waals surface area (Å²) in [5, 5.41) is 0. The molecule has 4 N–H and O–H groups in total. The molecule has 0 saturated carbocycles. The van der Waals surface area contributed by atoms with Crippen molar-refractivity contribution < 1.29 is 14.3 Å². The van der Waals surface area contributed by atoms with Gasteiger partial charge in [-0.25, -0.2) is 0 Å². The summed E-state index contributed by atoms with van der Waals surface area (Å²) in [4.78, 5) is 11.3. The molecular formula is C15H16N2O3. The number of ether oxygens (including phenoxy) is 2. The Balaban J connectivity index is 2.34. The molecule has 0 bridgehead atoms. The maximum atomic E-state index is 11.3. The lowest BCUT2D eigenvalue weighted by Crippen LogP contribution is -2.11. The van der Waals surface area contributed by atoms with Crippen molar-refractivity contribution in [1.82, 2.24) is 0 Å². The first-order valence-corrected chi connectivity index (χ1v) is 6.02. The molecule has 0 aliphatic heterocycles. The largest absolute Gasteiger partial charge is 0.497 e. The summed E-state index contributed by atoms with van der Waals surface area (Å²) in [5.41, 5.74) is 13.0. The quantitative estimate of drug-likeness (QED) is 0.837. The van der Waals surface area contributed by atoms with Gasteiger partial charge in [-0.3, -0.25) is 4.79 Å². The number of carbonyl (C=O) groups excluding carboxylic acids is 1. The number of rotatable bonds is 4. The Labute approximate surface area is 117 Å². The molecule has 0 unspecified atom stereocenters. The van der Waals surface area contributed by atoms with Crippen LogP contribution in [0.1, 0.15) is 15.9 Å². The third-order valence-corrected chi connectivity index (χ3v) is 2.88. The van der Waals surface area contributed by atoms with Crippen LogP contribution >= 0.6 is 0 Å². The molecule has 5 heteroatoms. The highest BCUT2D eigenvalue weighted by Crippen LogP contribution is 2.28. The number of aryl methyl sites for hydroxylation is 1. The minimum atomic E-state index is -0.540. The van der Waals surface area contributed by atoms with Gasteiger partial charge in [0.15, 0.2) is 0 Å². The second-order valence-corrected chi connectivity index (χ2v) is 4.38. The zero-order valence-corrected chi connectivity index (χ0v) is 11.3. The van der Waals surface area contributed by atoms with Gasteiger partial charge in [0.1, 0.15) is 17.2 Å². The average Bonchev–Trinajstić information content (AvgIpc) is 2.42. The molecule has 1 amide bonds. The zero-order chi connectivity index (χ0) is 14.7. The minimum absolute atomic E-state index is 0.325. The highest BCUT2D eigenvalue weighted by molar-refractivity contribution is 5.93.